The first-order valence-electron chi connectivity index (χ1n) is 7.47. The third-order valence-electron chi connectivity index (χ3n) is 4.01. The Kier molecular flexibility index (Phi) is 4.00. The summed E-state index contributed by atoms with van der Waals surface area (Å²) in [6, 6.07) is 11.4. The van der Waals surface area contributed by atoms with Crippen molar-refractivity contribution in [1.82, 2.24) is 14.7 Å². The molecule has 0 saturated heterocycles. The summed E-state index contributed by atoms with van der Waals surface area (Å²) in [7, 11) is 0. The van der Waals surface area contributed by atoms with Gasteiger partial charge in [0.1, 0.15) is 12.0 Å². The van der Waals surface area contributed by atoms with E-state index in [2.05, 4.69) is 20.8 Å². The van der Waals surface area contributed by atoms with Gasteiger partial charge in [-0.25, -0.2) is 0 Å². The molecule has 0 bridgehead atoms. The molecular weight excluding hydrogens is 345 g/mol. The van der Waals surface area contributed by atoms with Gasteiger partial charge in [0.2, 0.25) is 0 Å². The molecule has 0 saturated carbocycles. The summed E-state index contributed by atoms with van der Waals surface area (Å²) in [5.41, 5.74) is 3.80. The van der Waals surface area contributed by atoms with Crippen molar-refractivity contribution in [2.75, 3.05) is 0 Å². The standard InChI is InChI=1S/C18H13Cl2N3O/c19-15-2-1-3-16(20)14(15)10-17-13-5-8-23(18(13)4-7-21-17)11-12-6-9-24-22-12/h1-9H,10-11H2. The molecule has 4 aromatic rings. The third-order valence-corrected chi connectivity index (χ3v) is 4.72. The van der Waals surface area contributed by atoms with E-state index in [1.807, 2.05) is 42.7 Å². The molecular formula is C18H13Cl2N3O. The Morgan fingerprint density at radius 3 is 2.62 bits per heavy atom. The number of fused-ring (bicyclic) bond motifs is 1. The molecule has 0 radical (unpaired) electrons. The van der Waals surface area contributed by atoms with E-state index in [4.69, 9.17) is 27.7 Å². The molecule has 0 unspecified atom stereocenters. The van der Waals surface area contributed by atoms with Gasteiger partial charge in [-0.15, -0.1) is 0 Å². The molecule has 6 heteroatoms. The normalized spacial score (nSPS) is 11.2. The number of hydrogen-bond acceptors (Lipinski definition) is 3. The maximum atomic E-state index is 6.29. The quantitative estimate of drug-likeness (QED) is 0.517. The molecule has 0 fully saturated rings. The zero-order valence-corrected chi connectivity index (χ0v) is 14.1. The Bertz CT molecular complexity index is 973. The molecule has 0 amide bonds. The fourth-order valence-corrected chi connectivity index (χ4v) is 3.35. The van der Waals surface area contributed by atoms with E-state index in [1.165, 1.54) is 0 Å². The van der Waals surface area contributed by atoms with E-state index >= 15 is 0 Å². The molecule has 1 aromatic carbocycles. The Labute approximate surface area is 148 Å². The van der Waals surface area contributed by atoms with Gasteiger partial charge in [-0.05, 0) is 29.8 Å². The van der Waals surface area contributed by atoms with Gasteiger partial charge in [-0.2, -0.15) is 0 Å². The van der Waals surface area contributed by atoms with E-state index in [0.717, 1.165) is 27.9 Å². The van der Waals surface area contributed by atoms with Crippen LogP contribution in [0.15, 0.2) is 59.6 Å². The molecule has 0 atom stereocenters. The molecule has 24 heavy (non-hydrogen) atoms. The lowest BCUT2D eigenvalue weighted by atomic mass is 10.1. The van der Waals surface area contributed by atoms with Crippen LogP contribution in [0.5, 0.6) is 0 Å². The summed E-state index contributed by atoms with van der Waals surface area (Å²) in [6.07, 6.45) is 6.00. The van der Waals surface area contributed by atoms with Gasteiger partial charge < -0.3 is 9.09 Å². The predicted molar refractivity (Wildman–Crippen MR) is 94.6 cm³/mol. The van der Waals surface area contributed by atoms with Gasteiger partial charge in [-0.3, -0.25) is 4.98 Å². The highest BCUT2D eigenvalue weighted by atomic mass is 35.5. The largest absolute Gasteiger partial charge is 0.364 e. The minimum atomic E-state index is 0.587. The second-order valence-corrected chi connectivity index (χ2v) is 6.32. The number of rotatable bonds is 4. The van der Waals surface area contributed by atoms with Crippen molar-refractivity contribution in [1.29, 1.82) is 0 Å². The Balaban J connectivity index is 1.73. The van der Waals surface area contributed by atoms with E-state index in [1.54, 1.807) is 6.26 Å². The highest BCUT2D eigenvalue weighted by Gasteiger charge is 2.12. The summed E-state index contributed by atoms with van der Waals surface area (Å²) < 4.78 is 7.02. The maximum absolute atomic E-state index is 6.29. The molecule has 0 N–H and O–H groups in total. The molecule has 0 aliphatic rings. The van der Waals surface area contributed by atoms with E-state index in [-0.39, 0.29) is 0 Å². The van der Waals surface area contributed by atoms with Crippen LogP contribution in [-0.2, 0) is 13.0 Å². The van der Waals surface area contributed by atoms with Crippen molar-refractivity contribution in [2.24, 2.45) is 0 Å². The van der Waals surface area contributed by atoms with Gasteiger partial charge in [-0.1, -0.05) is 34.4 Å². The number of pyridine rings is 1. The number of aromatic nitrogens is 3. The molecule has 4 rings (SSSR count). The van der Waals surface area contributed by atoms with Crippen molar-refractivity contribution in [3.8, 4) is 0 Å². The molecule has 0 aliphatic heterocycles. The fourth-order valence-electron chi connectivity index (χ4n) is 2.82. The monoisotopic (exact) mass is 357 g/mol. The molecule has 120 valence electrons. The van der Waals surface area contributed by atoms with E-state index < -0.39 is 0 Å². The summed E-state index contributed by atoms with van der Waals surface area (Å²) in [4.78, 5) is 4.53. The maximum Gasteiger partial charge on any atom is 0.124 e. The molecule has 0 aliphatic carbocycles. The van der Waals surface area contributed by atoms with E-state index in [0.29, 0.717) is 23.0 Å². The Morgan fingerprint density at radius 2 is 1.88 bits per heavy atom. The van der Waals surface area contributed by atoms with Crippen LogP contribution < -0.4 is 0 Å². The number of halogens is 2. The van der Waals surface area contributed by atoms with Crippen LogP contribution in [0, 0.1) is 0 Å². The van der Waals surface area contributed by atoms with Gasteiger partial charge >= 0.3 is 0 Å². The second-order valence-electron chi connectivity index (χ2n) is 5.50. The molecule has 4 nitrogen and oxygen atoms in total. The van der Waals surface area contributed by atoms with Crippen LogP contribution in [-0.4, -0.2) is 14.7 Å². The van der Waals surface area contributed by atoms with Crippen LogP contribution >= 0.6 is 23.2 Å². The summed E-state index contributed by atoms with van der Waals surface area (Å²) >= 11 is 12.6. The molecule has 3 heterocycles. The van der Waals surface area contributed by atoms with Gasteiger partial charge in [0.05, 0.1) is 17.8 Å². The lowest BCUT2D eigenvalue weighted by Crippen LogP contribution is -1.99. The van der Waals surface area contributed by atoms with Crippen molar-refractivity contribution < 1.29 is 4.52 Å². The number of nitrogens with zero attached hydrogens (tertiary/aromatic N) is 3. The third kappa shape index (κ3) is 2.79. The summed E-state index contributed by atoms with van der Waals surface area (Å²) in [5.74, 6) is 0. The Morgan fingerprint density at radius 1 is 1.04 bits per heavy atom. The highest BCUT2D eigenvalue weighted by Crippen LogP contribution is 2.29. The van der Waals surface area contributed by atoms with Crippen LogP contribution in [0.2, 0.25) is 10.0 Å². The number of hydrogen-bond donors (Lipinski definition) is 0. The van der Waals surface area contributed by atoms with Crippen molar-refractivity contribution in [3.05, 3.63) is 82.1 Å². The van der Waals surface area contributed by atoms with Crippen molar-refractivity contribution in [3.63, 3.8) is 0 Å². The topological polar surface area (TPSA) is 43.9 Å². The zero-order chi connectivity index (χ0) is 16.5. The Hall–Kier alpha value is -2.30. The van der Waals surface area contributed by atoms with Crippen molar-refractivity contribution in [2.45, 2.75) is 13.0 Å². The van der Waals surface area contributed by atoms with Gasteiger partial charge in [0.15, 0.2) is 0 Å². The van der Waals surface area contributed by atoms with Gasteiger partial charge in [0.25, 0.3) is 0 Å². The average molecular weight is 358 g/mol. The van der Waals surface area contributed by atoms with Crippen LogP contribution in [0.25, 0.3) is 10.9 Å². The lowest BCUT2D eigenvalue weighted by molar-refractivity contribution is 0.410. The number of benzene rings is 1. The lowest BCUT2D eigenvalue weighted by Gasteiger charge is -2.08. The first-order valence-corrected chi connectivity index (χ1v) is 8.23. The van der Waals surface area contributed by atoms with Crippen LogP contribution in [0.3, 0.4) is 0 Å². The smallest absolute Gasteiger partial charge is 0.124 e. The fraction of sp³-hybridized carbons (Fsp3) is 0.111. The van der Waals surface area contributed by atoms with Crippen LogP contribution in [0.1, 0.15) is 17.0 Å². The highest BCUT2D eigenvalue weighted by molar-refractivity contribution is 6.36. The zero-order valence-electron chi connectivity index (χ0n) is 12.6. The minimum absolute atomic E-state index is 0.587. The first kappa shape index (κ1) is 15.2. The first-order chi connectivity index (χ1) is 11.7. The summed E-state index contributed by atoms with van der Waals surface area (Å²) in [6.45, 7) is 0.649. The average Bonchev–Trinajstić information content (AvgIpc) is 3.22. The SMILES string of the molecule is Clc1cccc(Cl)c1Cc1nccc2c1ccn2Cc1ccon1. The minimum Gasteiger partial charge on any atom is -0.364 e. The predicted octanol–water partition coefficient (Wildman–Crippen LogP) is 4.97. The molecule has 3 aromatic heterocycles. The van der Waals surface area contributed by atoms with Gasteiger partial charge in [0, 0.05) is 40.3 Å². The van der Waals surface area contributed by atoms with Crippen LogP contribution in [0.4, 0.5) is 0 Å². The summed E-state index contributed by atoms with van der Waals surface area (Å²) in [5, 5.41) is 6.36. The second kappa shape index (κ2) is 6.30. The van der Waals surface area contributed by atoms with Crippen molar-refractivity contribution >= 4 is 34.1 Å². The molecule has 0 spiro atoms. The van der Waals surface area contributed by atoms with E-state index in [9.17, 15) is 0 Å².